The van der Waals surface area contributed by atoms with E-state index < -0.39 is 0 Å². The molecule has 0 nitrogen and oxygen atoms in total. The molecule has 0 atom stereocenters. The zero-order chi connectivity index (χ0) is 21.2. The van der Waals surface area contributed by atoms with E-state index in [-0.39, 0.29) is 0 Å². The second kappa shape index (κ2) is 8.08. The van der Waals surface area contributed by atoms with Gasteiger partial charge in [0.05, 0.1) is 0 Å². The topological polar surface area (TPSA) is 0 Å². The summed E-state index contributed by atoms with van der Waals surface area (Å²) in [5.74, 6) is 0. The van der Waals surface area contributed by atoms with Crippen molar-refractivity contribution in [3.05, 3.63) is 126 Å². The second-order valence-electron chi connectivity index (χ2n) is 8.00. The molecule has 0 fully saturated rings. The molecule has 5 rings (SSSR count). The number of rotatable bonds is 4. The Morgan fingerprint density at radius 3 is 1.87 bits per heavy atom. The van der Waals surface area contributed by atoms with Gasteiger partial charge in [-0.15, -0.1) is 0 Å². The van der Waals surface area contributed by atoms with Crippen molar-refractivity contribution in [1.82, 2.24) is 0 Å². The van der Waals surface area contributed by atoms with Crippen molar-refractivity contribution in [1.29, 1.82) is 0 Å². The van der Waals surface area contributed by atoms with Crippen molar-refractivity contribution < 1.29 is 0 Å². The van der Waals surface area contributed by atoms with Crippen molar-refractivity contribution in [2.24, 2.45) is 0 Å². The van der Waals surface area contributed by atoms with Crippen LogP contribution in [0.5, 0.6) is 0 Å². The van der Waals surface area contributed by atoms with Gasteiger partial charge in [0, 0.05) is 0 Å². The summed E-state index contributed by atoms with van der Waals surface area (Å²) in [5.41, 5.74) is 7.26. The summed E-state index contributed by atoms with van der Waals surface area (Å²) in [5, 5.41) is 5.06. The maximum atomic E-state index is 4.03. The Kier molecular flexibility index (Phi) is 4.98. The normalized spacial score (nSPS) is 11.7. The van der Waals surface area contributed by atoms with Crippen molar-refractivity contribution in [2.75, 3.05) is 0 Å². The van der Waals surface area contributed by atoms with E-state index in [1.54, 1.807) is 0 Å². The smallest absolute Gasteiger partial charge is 0.0175 e. The minimum absolute atomic E-state index is 1.14. The minimum Gasteiger partial charge on any atom is -0.0984 e. The van der Waals surface area contributed by atoms with Gasteiger partial charge in [0.15, 0.2) is 0 Å². The zero-order valence-corrected chi connectivity index (χ0v) is 17.7. The summed E-state index contributed by atoms with van der Waals surface area (Å²) in [6, 6.07) is 36.9. The maximum Gasteiger partial charge on any atom is -0.0175 e. The first-order chi connectivity index (χ1) is 15.2. The molecule has 0 N–H and O–H groups in total. The summed E-state index contributed by atoms with van der Waals surface area (Å²) in [4.78, 5) is 0. The van der Waals surface area contributed by atoms with Gasteiger partial charge in [-0.1, -0.05) is 104 Å². The maximum absolute atomic E-state index is 4.03. The van der Waals surface area contributed by atoms with Gasteiger partial charge in [-0.25, -0.2) is 0 Å². The molecule has 0 heteroatoms. The van der Waals surface area contributed by atoms with Gasteiger partial charge in [0.2, 0.25) is 0 Å². The zero-order valence-electron chi connectivity index (χ0n) is 17.7. The quantitative estimate of drug-likeness (QED) is 0.266. The van der Waals surface area contributed by atoms with E-state index >= 15 is 0 Å². The van der Waals surface area contributed by atoms with Crippen LogP contribution in [0.15, 0.2) is 110 Å². The van der Waals surface area contributed by atoms with E-state index in [4.69, 9.17) is 0 Å². The van der Waals surface area contributed by atoms with Gasteiger partial charge in [-0.05, 0) is 80.1 Å². The van der Waals surface area contributed by atoms with Crippen LogP contribution >= 0.6 is 0 Å². The lowest BCUT2D eigenvalue weighted by atomic mass is 9.94. The molecule has 0 saturated carbocycles. The summed E-state index contributed by atoms with van der Waals surface area (Å²) in [6.45, 7) is 6.21. The number of benzene rings is 5. The molecule has 0 aliphatic carbocycles. The van der Waals surface area contributed by atoms with Crippen LogP contribution in [-0.2, 0) is 0 Å². The second-order valence-corrected chi connectivity index (χ2v) is 8.00. The lowest BCUT2D eigenvalue weighted by molar-refractivity contribution is 1.56. The first kappa shape index (κ1) is 19.1. The van der Waals surface area contributed by atoms with Crippen LogP contribution in [0, 0.1) is 0 Å². The van der Waals surface area contributed by atoms with Gasteiger partial charge >= 0.3 is 0 Å². The van der Waals surface area contributed by atoms with Crippen molar-refractivity contribution in [3.63, 3.8) is 0 Å². The van der Waals surface area contributed by atoms with Gasteiger partial charge < -0.3 is 0 Å². The average molecular weight is 397 g/mol. The third-order valence-corrected chi connectivity index (χ3v) is 5.97. The predicted molar refractivity (Wildman–Crippen MR) is 137 cm³/mol. The van der Waals surface area contributed by atoms with Crippen molar-refractivity contribution in [3.8, 4) is 11.1 Å². The lowest BCUT2D eigenvalue weighted by Crippen LogP contribution is -1.87. The molecule has 0 heterocycles. The summed E-state index contributed by atoms with van der Waals surface area (Å²) in [6.07, 6.45) is 4.20. The molecule has 0 amide bonds. The van der Waals surface area contributed by atoms with E-state index in [0.29, 0.717) is 0 Å². The molecule has 0 bridgehead atoms. The fourth-order valence-electron chi connectivity index (χ4n) is 4.19. The van der Waals surface area contributed by atoms with E-state index in [2.05, 4.69) is 123 Å². The Morgan fingerprint density at radius 2 is 1.16 bits per heavy atom. The summed E-state index contributed by atoms with van der Waals surface area (Å²) in [7, 11) is 0. The molecular weight excluding hydrogens is 372 g/mol. The van der Waals surface area contributed by atoms with Crippen LogP contribution < -0.4 is 0 Å². The molecular formula is C31H24. The monoisotopic (exact) mass is 396 g/mol. The van der Waals surface area contributed by atoms with Crippen LogP contribution in [0.1, 0.15) is 23.6 Å². The third-order valence-electron chi connectivity index (χ3n) is 5.97. The van der Waals surface area contributed by atoms with Crippen LogP contribution in [0.3, 0.4) is 0 Å². The molecule has 0 saturated heterocycles. The number of allylic oxidation sites excluding steroid dienone is 1. The van der Waals surface area contributed by atoms with E-state index in [0.717, 1.165) is 5.56 Å². The van der Waals surface area contributed by atoms with Crippen LogP contribution in [0.4, 0.5) is 0 Å². The lowest BCUT2D eigenvalue weighted by Gasteiger charge is -2.10. The predicted octanol–water partition coefficient (Wildman–Crippen LogP) is 8.86. The molecule has 0 aliphatic heterocycles. The Labute approximate surface area is 183 Å². The van der Waals surface area contributed by atoms with Crippen molar-refractivity contribution >= 4 is 39.3 Å². The third kappa shape index (κ3) is 3.81. The molecule has 5 aromatic rings. The SMILES string of the molecule is C=Cc1ccc(-c2ccc3ccccc3c2)cc1/C=C(\C)c1ccc2ccccc2c1. The van der Waals surface area contributed by atoms with Crippen LogP contribution in [0.2, 0.25) is 0 Å². The van der Waals surface area contributed by atoms with Gasteiger partial charge in [-0.3, -0.25) is 0 Å². The highest BCUT2D eigenvalue weighted by Gasteiger charge is 2.05. The standard InChI is InChI=1S/C31H24/c1-3-23-12-16-30(29-17-14-25-9-5-7-11-28(25)20-29)21-31(23)18-22(2)26-15-13-24-8-4-6-10-27(24)19-26/h3-21H,1H2,2H3/b22-18+. The summed E-state index contributed by atoms with van der Waals surface area (Å²) >= 11 is 0. The molecule has 0 aliphatic rings. The van der Waals surface area contributed by atoms with E-state index in [1.165, 1.54) is 49.4 Å². The Morgan fingerprint density at radius 1 is 0.581 bits per heavy atom. The van der Waals surface area contributed by atoms with Crippen LogP contribution in [0.25, 0.3) is 50.4 Å². The fraction of sp³-hybridized carbons (Fsp3) is 0.0323. The van der Waals surface area contributed by atoms with E-state index in [1.807, 2.05) is 6.08 Å². The Bertz CT molecular complexity index is 1450. The molecule has 0 aromatic heterocycles. The minimum atomic E-state index is 1.14. The Hall–Kier alpha value is -3.90. The van der Waals surface area contributed by atoms with Gasteiger partial charge in [0.25, 0.3) is 0 Å². The molecule has 148 valence electrons. The van der Waals surface area contributed by atoms with Gasteiger partial charge in [-0.2, -0.15) is 0 Å². The average Bonchev–Trinajstić information content (AvgIpc) is 2.83. The highest BCUT2D eigenvalue weighted by molar-refractivity contribution is 5.91. The Balaban J connectivity index is 1.57. The molecule has 0 spiro atoms. The van der Waals surface area contributed by atoms with E-state index in [9.17, 15) is 0 Å². The highest BCUT2D eigenvalue weighted by Crippen LogP contribution is 2.29. The number of hydrogen-bond acceptors (Lipinski definition) is 0. The van der Waals surface area contributed by atoms with Gasteiger partial charge in [0.1, 0.15) is 0 Å². The van der Waals surface area contributed by atoms with Crippen molar-refractivity contribution in [2.45, 2.75) is 6.92 Å². The number of fused-ring (bicyclic) bond motifs is 2. The fourth-order valence-corrected chi connectivity index (χ4v) is 4.19. The molecule has 0 radical (unpaired) electrons. The van der Waals surface area contributed by atoms with Crippen LogP contribution in [-0.4, -0.2) is 0 Å². The first-order valence-corrected chi connectivity index (χ1v) is 10.6. The largest absolute Gasteiger partial charge is 0.0984 e. The molecule has 0 unspecified atom stereocenters. The molecule has 5 aromatic carbocycles. The highest BCUT2D eigenvalue weighted by atomic mass is 14.1. The molecule has 31 heavy (non-hydrogen) atoms. The first-order valence-electron chi connectivity index (χ1n) is 10.6. The summed E-state index contributed by atoms with van der Waals surface area (Å²) < 4.78 is 0. The number of hydrogen-bond donors (Lipinski definition) is 0.